The van der Waals surface area contributed by atoms with Crippen LogP contribution in [-0.4, -0.2) is 13.4 Å². The van der Waals surface area contributed by atoms with E-state index >= 15 is 0 Å². The fourth-order valence-corrected chi connectivity index (χ4v) is 2.34. The third-order valence-electron chi connectivity index (χ3n) is 2.15. The summed E-state index contributed by atoms with van der Waals surface area (Å²) < 4.78 is 39.0. The molecule has 1 aromatic heterocycles. The minimum atomic E-state index is -3.84. The van der Waals surface area contributed by atoms with E-state index in [2.05, 4.69) is 9.71 Å². The fraction of sp³-hybridized carbons (Fsp3) is 0. The Labute approximate surface area is 104 Å². The zero-order valence-electron chi connectivity index (χ0n) is 9.17. The maximum atomic E-state index is 12.9. The van der Waals surface area contributed by atoms with Gasteiger partial charge in [0.05, 0.1) is 6.20 Å². The molecule has 0 spiro atoms. The summed E-state index contributed by atoms with van der Waals surface area (Å²) in [6.45, 7) is 0. The number of nitrogens with two attached hydrogens (primary N) is 1. The molecule has 0 radical (unpaired) electrons. The van der Waals surface area contributed by atoms with Crippen LogP contribution in [0.25, 0.3) is 0 Å². The Morgan fingerprint density at radius 1 is 1.17 bits per heavy atom. The van der Waals surface area contributed by atoms with Crippen molar-refractivity contribution in [1.29, 1.82) is 0 Å². The molecule has 0 aliphatic carbocycles. The van der Waals surface area contributed by atoms with E-state index in [9.17, 15) is 12.8 Å². The van der Waals surface area contributed by atoms with Crippen molar-refractivity contribution in [1.82, 2.24) is 4.98 Å². The highest BCUT2D eigenvalue weighted by Crippen LogP contribution is 2.17. The zero-order valence-corrected chi connectivity index (χ0v) is 9.99. The van der Waals surface area contributed by atoms with Gasteiger partial charge in [-0.25, -0.2) is 12.8 Å². The first-order valence-corrected chi connectivity index (χ1v) is 6.44. The molecule has 0 bridgehead atoms. The van der Waals surface area contributed by atoms with Crippen LogP contribution in [0.15, 0.2) is 47.6 Å². The zero-order chi connectivity index (χ0) is 13.2. The van der Waals surface area contributed by atoms with Crippen molar-refractivity contribution in [2.24, 2.45) is 0 Å². The average Bonchev–Trinajstić information content (AvgIpc) is 2.32. The van der Waals surface area contributed by atoms with Gasteiger partial charge in [0.15, 0.2) is 0 Å². The lowest BCUT2D eigenvalue weighted by Crippen LogP contribution is -2.13. The number of hydrogen-bond acceptors (Lipinski definition) is 4. The van der Waals surface area contributed by atoms with Crippen molar-refractivity contribution in [3.05, 3.63) is 48.5 Å². The van der Waals surface area contributed by atoms with Crippen molar-refractivity contribution in [2.45, 2.75) is 4.90 Å². The molecule has 5 nitrogen and oxygen atoms in total. The monoisotopic (exact) mass is 267 g/mol. The van der Waals surface area contributed by atoms with Crippen molar-refractivity contribution in [2.75, 3.05) is 10.5 Å². The van der Waals surface area contributed by atoms with E-state index in [0.717, 1.165) is 18.5 Å². The molecule has 0 unspecified atom stereocenters. The number of benzene rings is 1. The Bertz CT molecular complexity index is 656. The molecule has 1 aromatic carbocycles. The number of rotatable bonds is 3. The second kappa shape index (κ2) is 4.61. The Balaban J connectivity index is 2.30. The van der Waals surface area contributed by atoms with E-state index in [0.29, 0.717) is 11.4 Å². The highest BCUT2D eigenvalue weighted by molar-refractivity contribution is 7.92. The first-order chi connectivity index (χ1) is 8.47. The molecular weight excluding hydrogens is 257 g/mol. The Hall–Kier alpha value is -2.15. The molecule has 0 aliphatic heterocycles. The van der Waals surface area contributed by atoms with Crippen LogP contribution in [0.5, 0.6) is 0 Å². The molecule has 94 valence electrons. The smallest absolute Gasteiger partial charge is 0.263 e. The van der Waals surface area contributed by atoms with Crippen molar-refractivity contribution in [3.8, 4) is 0 Å². The maximum Gasteiger partial charge on any atom is 0.263 e. The fourth-order valence-electron chi connectivity index (χ4n) is 1.30. The highest BCUT2D eigenvalue weighted by Gasteiger charge is 2.15. The number of pyridine rings is 1. The van der Waals surface area contributed by atoms with Crippen LogP contribution in [0.4, 0.5) is 15.8 Å². The van der Waals surface area contributed by atoms with E-state index < -0.39 is 15.8 Å². The van der Waals surface area contributed by atoms with Crippen molar-refractivity contribution < 1.29 is 12.8 Å². The van der Waals surface area contributed by atoms with E-state index in [-0.39, 0.29) is 4.90 Å². The predicted octanol–water partition coefficient (Wildman–Crippen LogP) is 1.60. The Morgan fingerprint density at radius 3 is 2.44 bits per heavy atom. The normalized spacial score (nSPS) is 11.2. The molecule has 3 N–H and O–H groups in total. The van der Waals surface area contributed by atoms with Gasteiger partial charge in [0.25, 0.3) is 10.0 Å². The van der Waals surface area contributed by atoms with E-state index in [1.54, 1.807) is 12.1 Å². The summed E-state index contributed by atoms with van der Waals surface area (Å²) >= 11 is 0. The topological polar surface area (TPSA) is 85.1 Å². The molecule has 1 heterocycles. The largest absolute Gasteiger partial charge is 0.399 e. The van der Waals surface area contributed by atoms with Gasteiger partial charge >= 0.3 is 0 Å². The molecular formula is C11H10FN3O2S. The molecule has 0 saturated heterocycles. The lowest BCUT2D eigenvalue weighted by atomic mass is 10.3. The molecule has 2 rings (SSSR count). The molecule has 7 heteroatoms. The number of halogens is 1. The van der Waals surface area contributed by atoms with Crippen LogP contribution in [0, 0.1) is 5.82 Å². The minimum Gasteiger partial charge on any atom is -0.399 e. The second-order valence-corrected chi connectivity index (χ2v) is 5.25. The summed E-state index contributed by atoms with van der Waals surface area (Å²) in [5.41, 5.74) is 6.34. The number of hydrogen-bond donors (Lipinski definition) is 2. The molecule has 18 heavy (non-hydrogen) atoms. The van der Waals surface area contributed by atoms with Crippen LogP contribution in [0.2, 0.25) is 0 Å². The van der Waals surface area contributed by atoms with Crippen LogP contribution in [0.1, 0.15) is 0 Å². The van der Waals surface area contributed by atoms with Crippen molar-refractivity contribution in [3.63, 3.8) is 0 Å². The summed E-state index contributed by atoms with van der Waals surface area (Å²) in [6, 6.07) is 7.04. The van der Waals surface area contributed by atoms with Crippen molar-refractivity contribution >= 4 is 21.4 Å². The van der Waals surface area contributed by atoms with E-state index in [4.69, 9.17) is 5.73 Å². The third-order valence-corrected chi connectivity index (χ3v) is 3.50. The second-order valence-electron chi connectivity index (χ2n) is 3.57. The first kappa shape index (κ1) is 12.3. The molecule has 0 aliphatic rings. The number of aromatic nitrogens is 1. The lowest BCUT2D eigenvalue weighted by molar-refractivity contribution is 0.592. The summed E-state index contributed by atoms with van der Waals surface area (Å²) in [6.07, 6.45) is 2.00. The predicted molar refractivity (Wildman–Crippen MR) is 65.9 cm³/mol. The van der Waals surface area contributed by atoms with Gasteiger partial charge in [0.2, 0.25) is 0 Å². The van der Waals surface area contributed by atoms with Gasteiger partial charge in [0.1, 0.15) is 10.7 Å². The van der Waals surface area contributed by atoms with Gasteiger partial charge in [-0.05, 0) is 30.3 Å². The van der Waals surface area contributed by atoms with Crippen LogP contribution < -0.4 is 10.5 Å². The van der Waals surface area contributed by atoms with Gasteiger partial charge in [-0.2, -0.15) is 0 Å². The lowest BCUT2D eigenvalue weighted by Gasteiger charge is -2.07. The van der Waals surface area contributed by atoms with Crippen LogP contribution >= 0.6 is 0 Å². The first-order valence-electron chi connectivity index (χ1n) is 4.96. The number of nitrogen functional groups attached to an aromatic ring is 1. The van der Waals surface area contributed by atoms with Gasteiger partial charge in [-0.3, -0.25) is 9.71 Å². The van der Waals surface area contributed by atoms with Crippen LogP contribution in [-0.2, 0) is 10.0 Å². The summed E-state index contributed by atoms with van der Waals surface area (Å²) in [5.74, 6) is -0.713. The van der Waals surface area contributed by atoms with E-state index in [1.807, 2.05) is 0 Å². The third kappa shape index (κ3) is 2.75. The molecule has 0 atom stereocenters. The quantitative estimate of drug-likeness (QED) is 0.827. The average molecular weight is 267 g/mol. The number of nitrogens with zero attached hydrogens (tertiary/aromatic N) is 1. The summed E-state index contributed by atoms with van der Waals surface area (Å²) in [4.78, 5) is 3.26. The maximum absolute atomic E-state index is 12.9. The number of anilines is 2. The standard InChI is InChI=1S/C11H10FN3O2S/c12-8-5-11(7-14-6-8)18(16,17)15-10-3-1-9(13)2-4-10/h1-7,15H,13H2. The minimum absolute atomic E-state index is 0.237. The van der Waals surface area contributed by atoms with Gasteiger partial charge in [-0.1, -0.05) is 0 Å². The molecule has 0 saturated carbocycles. The highest BCUT2D eigenvalue weighted by atomic mass is 32.2. The van der Waals surface area contributed by atoms with Gasteiger partial charge in [-0.15, -0.1) is 0 Å². The SMILES string of the molecule is Nc1ccc(NS(=O)(=O)c2cncc(F)c2)cc1. The summed E-state index contributed by atoms with van der Waals surface area (Å²) in [7, 11) is -3.84. The Morgan fingerprint density at radius 2 is 1.83 bits per heavy atom. The molecule has 0 amide bonds. The van der Waals surface area contributed by atoms with Crippen LogP contribution in [0.3, 0.4) is 0 Å². The summed E-state index contributed by atoms with van der Waals surface area (Å²) in [5, 5.41) is 0. The number of sulfonamides is 1. The van der Waals surface area contributed by atoms with Gasteiger partial charge in [0, 0.05) is 17.6 Å². The van der Waals surface area contributed by atoms with E-state index in [1.165, 1.54) is 12.1 Å². The molecule has 2 aromatic rings. The Kier molecular flexibility index (Phi) is 3.15. The number of nitrogens with one attached hydrogen (secondary N) is 1. The molecule has 0 fully saturated rings. The van der Waals surface area contributed by atoms with Gasteiger partial charge < -0.3 is 5.73 Å².